The average molecular weight is 1210 g/mol. The van der Waals surface area contributed by atoms with Gasteiger partial charge < -0.3 is 89.9 Å². The Morgan fingerprint density at radius 3 is 1.32 bits per heavy atom. The molecule has 488 valence electrons. The van der Waals surface area contributed by atoms with Gasteiger partial charge in [-0.2, -0.15) is 0 Å². The second-order valence-electron chi connectivity index (χ2n) is 22.5. The minimum Gasteiger partial charge on any atom is -0.394 e. The van der Waals surface area contributed by atoms with Gasteiger partial charge >= 0.3 is 0 Å². The number of carbonyl (C=O) groups is 1. The number of nitrogens with one attached hydrogen (secondary N) is 1. The van der Waals surface area contributed by atoms with E-state index in [9.17, 15) is 61.0 Å². The van der Waals surface area contributed by atoms with Gasteiger partial charge in [0, 0.05) is 6.42 Å². The Bertz CT molecular complexity index is 1920. The predicted molar refractivity (Wildman–Crippen MR) is 327 cm³/mol. The fourth-order valence-electron chi connectivity index (χ4n) is 10.1. The van der Waals surface area contributed by atoms with Crippen molar-refractivity contribution in [3.05, 3.63) is 97.2 Å². The largest absolute Gasteiger partial charge is 0.394 e. The third-order valence-corrected chi connectivity index (χ3v) is 15.3. The van der Waals surface area contributed by atoms with E-state index in [2.05, 4.69) is 92.1 Å². The van der Waals surface area contributed by atoms with Gasteiger partial charge in [0.1, 0.15) is 73.2 Å². The summed E-state index contributed by atoms with van der Waals surface area (Å²) in [7, 11) is 0. The van der Waals surface area contributed by atoms with Crippen LogP contribution in [-0.2, 0) is 33.2 Å². The number of aliphatic hydroxyl groups excluding tert-OH is 11. The lowest BCUT2D eigenvalue weighted by atomic mass is 9.96. The normalized spacial score (nSPS) is 29.6. The number of ether oxygens (including phenoxy) is 6. The van der Waals surface area contributed by atoms with Crippen molar-refractivity contribution in [1.29, 1.82) is 0 Å². The molecule has 0 radical (unpaired) electrons. The molecule has 19 heteroatoms. The maximum Gasteiger partial charge on any atom is 0.220 e. The zero-order chi connectivity index (χ0) is 61.9. The highest BCUT2D eigenvalue weighted by Crippen LogP contribution is 2.33. The topological polar surface area (TPSA) is 307 Å². The number of aliphatic hydroxyl groups is 11. The van der Waals surface area contributed by atoms with Crippen LogP contribution in [0.15, 0.2) is 97.2 Å². The number of carbonyl (C=O) groups excluding carboxylic acids is 1. The van der Waals surface area contributed by atoms with Crippen LogP contribution in [0.5, 0.6) is 0 Å². The van der Waals surface area contributed by atoms with Crippen LogP contribution in [0.4, 0.5) is 0 Å². The van der Waals surface area contributed by atoms with Crippen LogP contribution in [0.3, 0.4) is 0 Å². The van der Waals surface area contributed by atoms with Crippen LogP contribution < -0.4 is 5.32 Å². The summed E-state index contributed by atoms with van der Waals surface area (Å²) in [5, 5.41) is 120. The standard InChI is InChI=1S/C66H111NO18/c1-3-5-7-9-11-13-15-17-19-21-22-23-24-25-26-28-29-31-33-35-37-39-41-43-50(71)49(67-54(72)44-42-40-38-36-34-32-30-27-20-18-16-14-12-10-8-6-4-2)48-80-64-60(78)57(75)62(52(46-69)82-64)85-66-61(79)58(76)63(53(47-70)83-66)84-65-59(77)56(74)55(73)51(45-68)81-65/h6,8,12,14,18,20,26,28,30,32-33,35-36,38,41,43,49-53,55-66,68-71,73-79H,3-5,7,9-11,13,15-17,19,21-25,27,29,31,34,37,39-40,42,44-48H2,1-2H3,(H,67,72)/b8-6-,14-12-,20-18-,28-26+,32-30-,35-33+,38-36-,43-41+. The van der Waals surface area contributed by atoms with Crippen molar-refractivity contribution in [2.24, 2.45) is 0 Å². The Labute approximate surface area is 507 Å². The van der Waals surface area contributed by atoms with E-state index in [1.807, 2.05) is 18.2 Å². The molecule has 0 spiro atoms. The highest BCUT2D eigenvalue weighted by molar-refractivity contribution is 5.76. The van der Waals surface area contributed by atoms with Crippen molar-refractivity contribution in [1.82, 2.24) is 5.32 Å². The minimum atomic E-state index is -1.99. The van der Waals surface area contributed by atoms with Crippen molar-refractivity contribution in [3.8, 4) is 0 Å². The summed E-state index contributed by atoms with van der Waals surface area (Å²) in [6.45, 7) is 1.53. The van der Waals surface area contributed by atoms with Crippen molar-refractivity contribution in [2.45, 2.75) is 285 Å². The minimum absolute atomic E-state index is 0.148. The van der Waals surface area contributed by atoms with E-state index in [1.54, 1.807) is 6.08 Å². The lowest BCUT2D eigenvalue weighted by Crippen LogP contribution is -2.66. The first-order valence-corrected chi connectivity index (χ1v) is 32.0. The second kappa shape index (κ2) is 47.7. The summed E-state index contributed by atoms with van der Waals surface area (Å²) in [5.41, 5.74) is 0. The van der Waals surface area contributed by atoms with E-state index in [1.165, 1.54) is 83.5 Å². The van der Waals surface area contributed by atoms with Gasteiger partial charge in [-0.15, -0.1) is 0 Å². The quantitative estimate of drug-likeness (QED) is 0.0217. The van der Waals surface area contributed by atoms with Crippen molar-refractivity contribution in [2.75, 3.05) is 26.4 Å². The highest BCUT2D eigenvalue weighted by atomic mass is 16.8. The van der Waals surface area contributed by atoms with Crippen molar-refractivity contribution in [3.63, 3.8) is 0 Å². The molecule has 3 rings (SSSR count). The molecule has 3 fully saturated rings. The van der Waals surface area contributed by atoms with Gasteiger partial charge in [-0.3, -0.25) is 4.79 Å². The lowest BCUT2D eigenvalue weighted by Gasteiger charge is -2.48. The Balaban J connectivity index is 1.52. The first kappa shape index (κ1) is 76.0. The molecule has 3 heterocycles. The van der Waals surface area contributed by atoms with E-state index < -0.39 is 131 Å². The van der Waals surface area contributed by atoms with Gasteiger partial charge in [0.05, 0.1) is 38.6 Å². The fourth-order valence-corrected chi connectivity index (χ4v) is 10.1. The molecule has 0 bridgehead atoms. The molecule has 0 saturated carbocycles. The van der Waals surface area contributed by atoms with Gasteiger partial charge in [-0.1, -0.05) is 188 Å². The summed E-state index contributed by atoms with van der Waals surface area (Å²) >= 11 is 0. The maximum atomic E-state index is 13.3. The summed E-state index contributed by atoms with van der Waals surface area (Å²) in [5.74, 6) is -0.350. The van der Waals surface area contributed by atoms with Gasteiger partial charge in [-0.25, -0.2) is 0 Å². The van der Waals surface area contributed by atoms with Crippen LogP contribution in [-0.4, -0.2) is 193 Å². The molecule has 1 amide bonds. The second-order valence-corrected chi connectivity index (χ2v) is 22.5. The lowest BCUT2D eigenvalue weighted by molar-refractivity contribution is -0.379. The van der Waals surface area contributed by atoms with Crippen LogP contribution >= 0.6 is 0 Å². The molecule has 0 aliphatic carbocycles. The molecule has 17 atom stereocenters. The van der Waals surface area contributed by atoms with Gasteiger partial charge in [-0.05, 0) is 83.5 Å². The molecule has 17 unspecified atom stereocenters. The average Bonchev–Trinajstić information content (AvgIpc) is 3.10. The Kier molecular flexibility index (Phi) is 42.6. The molecule has 12 N–H and O–H groups in total. The van der Waals surface area contributed by atoms with E-state index in [0.29, 0.717) is 19.3 Å². The molecule has 19 nitrogen and oxygen atoms in total. The highest BCUT2D eigenvalue weighted by Gasteiger charge is 2.53. The third kappa shape index (κ3) is 30.7. The van der Waals surface area contributed by atoms with Crippen LogP contribution in [0, 0.1) is 0 Å². The SMILES string of the molecule is CC/C=C\C/C=C\C/C=C\C/C=C\C/C=C\CCCC(=O)NC(COC1OC(CO)C(OC2OC(CO)C(OC3OC(CO)C(O)C(O)C3O)C(O)C2O)C(O)C1O)C(O)/C=C/CC/C=C/CC/C=C/CCCCCCCCCCCCCCC. The summed E-state index contributed by atoms with van der Waals surface area (Å²) in [6.07, 6.45) is 34.0. The molecule has 0 aromatic carbocycles. The zero-order valence-corrected chi connectivity index (χ0v) is 51.0. The van der Waals surface area contributed by atoms with E-state index in [-0.39, 0.29) is 12.3 Å². The van der Waals surface area contributed by atoms with Gasteiger partial charge in [0.25, 0.3) is 0 Å². The monoisotopic (exact) mass is 1210 g/mol. The summed E-state index contributed by atoms with van der Waals surface area (Å²) in [4.78, 5) is 13.3. The predicted octanol–water partition coefficient (Wildman–Crippen LogP) is 6.93. The zero-order valence-electron chi connectivity index (χ0n) is 51.0. The van der Waals surface area contributed by atoms with Gasteiger partial charge in [0.2, 0.25) is 5.91 Å². The van der Waals surface area contributed by atoms with E-state index >= 15 is 0 Å². The number of unbranched alkanes of at least 4 members (excludes halogenated alkanes) is 16. The molecule has 3 aliphatic heterocycles. The number of allylic oxidation sites excluding steroid dienone is 15. The summed E-state index contributed by atoms with van der Waals surface area (Å²) in [6, 6.07) is -1.03. The molecule has 3 aliphatic rings. The van der Waals surface area contributed by atoms with Crippen molar-refractivity contribution < 1.29 is 89.4 Å². The van der Waals surface area contributed by atoms with Crippen LogP contribution in [0.1, 0.15) is 181 Å². The number of hydrogen-bond donors (Lipinski definition) is 12. The molecular weight excluding hydrogens is 1090 g/mol. The van der Waals surface area contributed by atoms with E-state index in [4.69, 9.17) is 28.4 Å². The third-order valence-electron chi connectivity index (χ3n) is 15.3. The number of amides is 1. The first-order valence-electron chi connectivity index (χ1n) is 32.0. The molecule has 85 heavy (non-hydrogen) atoms. The Morgan fingerprint density at radius 2 is 0.824 bits per heavy atom. The van der Waals surface area contributed by atoms with Gasteiger partial charge in [0.15, 0.2) is 18.9 Å². The molecular formula is C66H111NO18. The Morgan fingerprint density at radius 1 is 0.435 bits per heavy atom. The van der Waals surface area contributed by atoms with E-state index in [0.717, 1.165) is 57.8 Å². The van der Waals surface area contributed by atoms with Crippen molar-refractivity contribution >= 4 is 5.91 Å². The number of rotatable bonds is 46. The first-order chi connectivity index (χ1) is 41.3. The fraction of sp³-hybridized carbons (Fsp3) is 0.742. The number of hydrogen-bond acceptors (Lipinski definition) is 18. The maximum absolute atomic E-state index is 13.3. The molecule has 3 saturated heterocycles. The van der Waals surface area contributed by atoms with Crippen LogP contribution in [0.25, 0.3) is 0 Å². The molecule has 0 aromatic rings. The molecule has 0 aromatic heterocycles. The smallest absolute Gasteiger partial charge is 0.220 e. The Hall–Kier alpha value is -3.29. The summed E-state index contributed by atoms with van der Waals surface area (Å²) < 4.78 is 34.2. The van der Waals surface area contributed by atoms with Crippen LogP contribution in [0.2, 0.25) is 0 Å².